The lowest BCUT2D eigenvalue weighted by molar-refractivity contribution is 0.0955. The molecule has 1 N–H and O–H groups in total. The van der Waals surface area contributed by atoms with E-state index in [-0.39, 0.29) is 6.54 Å². The third-order valence-electron chi connectivity index (χ3n) is 5.20. The fourth-order valence-electron chi connectivity index (χ4n) is 3.39. The summed E-state index contributed by atoms with van der Waals surface area (Å²) < 4.78 is 37.5. The lowest BCUT2D eigenvalue weighted by Gasteiger charge is -2.23. The molecular weight excluding hydrogens is 514 g/mol. The minimum atomic E-state index is -3.60. The molecule has 1 amide bonds. The highest BCUT2D eigenvalue weighted by molar-refractivity contribution is 7.92. The van der Waals surface area contributed by atoms with Crippen LogP contribution in [-0.2, 0) is 16.6 Å². The van der Waals surface area contributed by atoms with Crippen molar-refractivity contribution in [1.29, 1.82) is 0 Å². The highest BCUT2D eigenvalue weighted by Gasteiger charge is 2.19. The van der Waals surface area contributed by atoms with Crippen molar-refractivity contribution in [3.63, 3.8) is 0 Å². The molecule has 37 heavy (non-hydrogen) atoms. The van der Waals surface area contributed by atoms with Crippen LogP contribution in [-0.4, -0.2) is 40.0 Å². The van der Waals surface area contributed by atoms with E-state index in [0.717, 1.165) is 18.2 Å². The molecule has 3 aromatic carbocycles. The van der Waals surface area contributed by atoms with E-state index in [1.54, 1.807) is 48.5 Å². The Morgan fingerprint density at radius 2 is 1.76 bits per heavy atom. The summed E-state index contributed by atoms with van der Waals surface area (Å²) in [5.74, 6) is 0.824. The summed E-state index contributed by atoms with van der Waals surface area (Å²) in [6.07, 6.45) is 3.52. The maximum Gasteiger partial charge on any atom is 0.271 e. The van der Waals surface area contributed by atoms with Crippen LogP contribution in [0.5, 0.6) is 11.5 Å². The number of nitrogens with zero attached hydrogens (tertiary/aromatic N) is 2. The zero-order valence-corrected chi connectivity index (χ0v) is 22.6. The van der Waals surface area contributed by atoms with Crippen molar-refractivity contribution in [3.8, 4) is 11.5 Å². The van der Waals surface area contributed by atoms with Crippen LogP contribution in [0.1, 0.15) is 41.8 Å². The maximum atomic E-state index is 12.6. The fourth-order valence-corrected chi connectivity index (χ4v) is 4.47. The van der Waals surface area contributed by atoms with Crippen molar-refractivity contribution in [1.82, 2.24) is 5.43 Å². The summed E-state index contributed by atoms with van der Waals surface area (Å²) in [4.78, 5) is 12.6. The molecule has 0 saturated heterocycles. The molecule has 0 heterocycles. The second kappa shape index (κ2) is 13.1. The second-order valence-electron chi connectivity index (χ2n) is 8.09. The van der Waals surface area contributed by atoms with Gasteiger partial charge in [-0.15, -0.1) is 0 Å². The predicted octanol–water partition coefficient (Wildman–Crippen LogP) is 5.26. The first kappa shape index (κ1) is 28.0. The summed E-state index contributed by atoms with van der Waals surface area (Å²) in [5, 5.41) is 4.51. The summed E-state index contributed by atoms with van der Waals surface area (Å²) >= 11 is 6.22. The SMILES string of the molecule is CCCOc1ccc(/C=N/NC(=O)c2ccc(N(Cc3ccccc3Cl)S(C)(=O)=O)cc2)cc1OCC. The van der Waals surface area contributed by atoms with Crippen LogP contribution in [0.4, 0.5) is 5.69 Å². The van der Waals surface area contributed by atoms with Crippen LogP contribution in [0.25, 0.3) is 0 Å². The first-order valence-electron chi connectivity index (χ1n) is 11.8. The monoisotopic (exact) mass is 543 g/mol. The lowest BCUT2D eigenvalue weighted by Crippen LogP contribution is -2.29. The van der Waals surface area contributed by atoms with Crippen LogP contribution in [0, 0.1) is 0 Å². The molecule has 0 fully saturated rings. The minimum absolute atomic E-state index is 0.0698. The number of carbonyl (C=O) groups excluding carboxylic acids is 1. The van der Waals surface area contributed by atoms with Gasteiger partial charge >= 0.3 is 0 Å². The van der Waals surface area contributed by atoms with Gasteiger partial charge in [0.1, 0.15) is 0 Å². The topological polar surface area (TPSA) is 97.3 Å². The Bertz CT molecular complexity index is 1340. The number of anilines is 1. The molecule has 8 nitrogen and oxygen atoms in total. The Balaban J connectivity index is 1.69. The summed E-state index contributed by atoms with van der Waals surface area (Å²) in [6, 6.07) is 18.7. The van der Waals surface area contributed by atoms with Crippen LogP contribution in [0.3, 0.4) is 0 Å². The van der Waals surface area contributed by atoms with Gasteiger partial charge in [0.15, 0.2) is 11.5 Å². The summed E-state index contributed by atoms with van der Waals surface area (Å²) in [6.45, 7) is 5.07. The van der Waals surface area contributed by atoms with E-state index in [0.29, 0.717) is 46.5 Å². The van der Waals surface area contributed by atoms with Crippen molar-refractivity contribution in [3.05, 3.63) is 88.4 Å². The molecule has 0 atom stereocenters. The van der Waals surface area contributed by atoms with E-state index in [4.69, 9.17) is 21.1 Å². The van der Waals surface area contributed by atoms with Gasteiger partial charge in [-0.3, -0.25) is 9.10 Å². The molecule has 3 aromatic rings. The predicted molar refractivity (Wildman–Crippen MR) is 147 cm³/mol. The zero-order valence-electron chi connectivity index (χ0n) is 21.0. The van der Waals surface area contributed by atoms with Crippen molar-refractivity contribution >= 4 is 39.4 Å². The van der Waals surface area contributed by atoms with E-state index < -0.39 is 15.9 Å². The van der Waals surface area contributed by atoms with Crippen LogP contribution < -0.4 is 19.2 Å². The standard InChI is InChI=1S/C27H30ClN3O5S/c1-4-16-36-25-15-10-20(17-26(25)35-5-2)18-29-30-27(32)21-11-13-23(14-12-21)31(37(3,33)34)19-22-8-6-7-9-24(22)28/h6-15,17-18H,4-5,16,19H2,1-3H3,(H,30,32)/b29-18+. The van der Waals surface area contributed by atoms with Crippen LogP contribution in [0.2, 0.25) is 5.02 Å². The maximum absolute atomic E-state index is 12.6. The molecule has 0 aromatic heterocycles. The molecule has 0 unspecified atom stereocenters. The number of sulfonamides is 1. The molecule has 10 heteroatoms. The average molecular weight is 544 g/mol. The number of hydrogen-bond acceptors (Lipinski definition) is 6. The number of nitrogens with one attached hydrogen (secondary N) is 1. The van der Waals surface area contributed by atoms with E-state index in [1.165, 1.54) is 22.7 Å². The summed E-state index contributed by atoms with van der Waals surface area (Å²) in [5.41, 5.74) is 4.62. The van der Waals surface area contributed by atoms with Crippen molar-refractivity contribution in [2.75, 3.05) is 23.8 Å². The number of carbonyl (C=O) groups is 1. The van der Waals surface area contributed by atoms with Gasteiger partial charge in [-0.25, -0.2) is 13.8 Å². The number of hydrazone groups is 1. The Labute approximate surface area is 222 Å². The first-order valence-corrected chi connectivity index (χ1v) is 14.0. The number of amides is 1. The third kappa shape index (κ3) is 7.96. The molecular formula is C27H30ClN3O5S. The first-order chi connectivity index (χ1) is 17.7. The molecule has 0 spiro atoms. The third-order valence-corrected chi connectivity index (χ3v) is 6.71. The van der Waals surface area contributed by atoms with Gasteiger partial charge in [-0.2, -0.15) is 5.10 Å². The minimum Gasteiger partial charge on any atom is -0.490 e. The quantitative estimate of drug-likeness (QED) is 0.248. The van der Waals surface area contributed by atoms with Crippen LogP contribution >= 0.6 is 11.6 Å². The number of rotatable bonds is 12. The number of halogens is 1. The Morgan fingerprint density at radius 1 is 1.03 bits per heavy atom. The van der Waals surface area contributed by atoms with Gasteiger partial charge in [0.05, 0.1) is 37.9 Å². The number of ether oxygens (including phenoxy) is 2. The van der Waals surface area contributed by atoms with Crippen molar-refractivity contribution in [2.24, 2.45) is 5.10 Å². The average Bonchev–Trinajstić information content (AvgIpc) is 2.87. The molecule has 0 aliphatic carbocycles. The van der Waals surface area contributed by atoms with Gasteiger partial charge in [-0.05, 0) is 73.0 Å². The molecule has 3 rings (SSSR count). The molecule has 0 radical (unpaired) electrons. The molecule has 0 saturated carbocycles. The van der Waals surface area contributed by atoms with Gasteiger partial charge < -0.3 is 9.47 Å². The van der Waals surface area contributed by atoms with Crippen molar-refractivity contribution < 1.29 is 22.7 Å². The van der Waals surface area contributed by atoms with E-state index in [2.05, 4.69) is 10.5 Å². The highest BCUT2D eigenvalue weighted by atomic mass is 35.5. The van der Waals surface area contributed by atoms with Crippen molar-refractivity contribution in [2.45, 2.75) is 26.8 Å². The number of hydrogen-bond donors (Lipinski definition) is 1. The van der Waals surface area contributed by atoms with E-state index in [9.17, 15) is 13.2 Å². The largest absolute Gasteiger partial charge is 0.490 e. The van der Waals surface area contributed by atoms with Gasteiger partial charge in [0.2, 0.25) is 10.0 Å². The second-order valence-corrected chi connectivity index (χ2v) is 10.4. The Hall–Kier alpha value is -3.56. The number of benzene rings is 3. The Morgan fingerprint density at radius 3 is 2.41 bits per heavy atom. The van der Waals surface area contributed by atoms with E-state index >= 15 is 0 Å². The zero-order chi connectivity index (χ0) is 26.8. The smallest absolute Gasteiger partial charge is 0.271 e. The van der Waals surface area contributed by atoms with E-state index in [1.807, 2.05) is 19.9 Å². The summed E-state index contributed by atoms with van der Waals surface area (Å²) in [7, 11) is -3.60. The van der Waals surface area contributed by atoms with Gasteiger partial charge in [-0.1, -0.05) is 36.7 Å². The normalized spacial score (nSPS) is 11.4. The highest BCUT2D eigenvalue weighted by Crippen LogP contribution is 2.28. The van der Waals surface area contributed by atoms with Gasteiger partial charge in [0, 0.05) is 10.6 Å². The Kier molecular flexibility index (Phi) is 9.93. The fraction of sp³-hybridized carbons (Fsp3) is 0.259. The van der Waals surface area contributed by atoms with Gasteiger partial charge in [0.25, 0.3) is 5.91 Å². The molecule has 0 aliphatic heterocycles. The molecule has 196 valence electrons. The lowest BCUT2D eigenvalue weighted by atomic mass is 10.2. The van der Waals surface area contributed by atoms with Crippen LogP contribution in [0.15, 0.2) is 71.8 Å². The molecule has 0 bridgehead atoms. The molecule has 0 aliphatic rings.